The lowest BCUT2D eigenvalue weighted by molar-refractivity contribution is 0.0285. The molecule has 0 saturated heterocycles. The summed E-state index contributed by atoms with van der Waals surface area (Å²) in [6.07, 6.45) is 0.875. The molecule has 1 aliphatic heterocycles. The van der Waals surface area contributed by atoms with Crippen LogP contribution in [-0.2, 0) is 17.8 Å². The number of rotatable bonds is 4. The van der Waals surface area contributed by atoms with Gasteiger partial charge in [0.15, 0.2) is 0 Å². The molecule has 3 rings (SSSR count). The van der Waals surface area contributed by atoms with E-state index in [1.165, 1.54) is 11.1 Å². The van der Waals surface area contributed by atoms with Gasteiger partial charge in [0.1, 0.15) is 0 Å². The summed E-state index contributed by atoms with van der Waals surface area (Å²) >= 11 is 0. The Hall–Kier alpha value is -2.33. The molecule has 4 nitrogen and oxygen atoms in total. The number of carbonyl (C=O) groups excluding carboxylic acids is 1. The summed E-state index contributed by atoms with van der Waals surface area (Å²) in [6.45, 7) is 1.15. The fourth-order valence-corrected chi connectivity index (χ4v) is 2.77. The van der Waals surface area contributed by atoms with Crippen LogP contribution in [0.2, 0.25) is 0 Å². The van der Waals surface area contributed by atoms with Crippen molar-refractivity contribution in [2.75, 3.05) is 25.5 Å². The molecule has 0 saturated carbocycles. The van der Waals surface area contributed by atoms with E-state index in [-0.39, 0.29) is 12.0 Å². The van der Waals surface area contributed by atoms with E-state index in [9.17, 15) is 4.79 Å². The molecule has 0 bridgehead atoms. The number of nitrogens with zero attached hydrogens (tertiary/aromatic N) is 1. The first-order chi connectivity index (χ1) is 11.1. The minimum Gasteiger partial charge on any atom is -0.378 e. The highest BCUT2D eigenvalue weighted by atomic mass is 16.5. The Bertz CT molecular complexity index is 697. The third-order valence-electron chi connectivity index (χ3n) is 4.16. The zero-order valence-electron chi connectivity index (χ0n) is 13.6. The van der Waals surface area contributed by atoms with Crippen LogP contribution in [-0.4, -0.2) is 32.7 Å². The van der Waals surface area contributed by atoms with E-state index in [2.05, 4.69) is 17.4 Å². The van der Waals surface area contributed by atoms with Crippen LogP contribution in [0.3, 0.4) is 0 Å². The van der Waals surface area contributed by atoms with Gasteiger partial charge in [0.25, 0.3) is 5.91 Å². The molecule has 0 radical (unpaired) electrons. The van der Waals surface area contributed by atoms with Gasteiger partial charge < -0.3 is 15.0 Å². The van der Waals surface area contributed by atoms with Crippen LogP contribution in [0.4, 0.5) is 5.69 Å². The molecule has 1 unspecified atom stereocenters. The molecule has 1 N–H and O–H groups in total. The average Bonchev–Trinajstić information content (AvgIpc) is 2.59. The van der Waals surface area contributed by atoms with E-state index < -0.39 is 0 Å². The van der Waals surface area contributed by atoms with E-state index in [1.54, 1.807) is 0 Å². The van der Waals surface area contributed by atoms with Crippen LogP contribution in [0.25, 0.3) is 0 Å². The van der Waals surface area contributed by atoms with Gasteiger partial charge in [-0.1, -0.05) is 30.3 Å². The fourth-order valence-electron chi connectivity index (χ4n) is 2.77. The molecule has 0 fully saturated rings. The summed E-state index contributed by atoms with van der Waals surface area (Å²) in [7, 11) is 3.93. The Morgan fingerprint density at radius 2 is 1.96 bits per heavy atom. The van der Waals surface area contributed by atoms with Gasteiger partial charge in [0.2, 0.25) is 0 Å². The molecule has 4 heteroatoms. The Balaban J connectivity index is 1.59. The highest BCUT2D eigenvalue weighted by Gasteiger charge is 2.19. The monoisotopic (exact) mass is 310 g/mol. The number of hydrogen-bond donors (Lipinski definition) is 1. The Labute approximate surface area is 137 Å². The average molecular weight is 310 g/mol. The maximum atomic E-state index is 12.3. The molecule has 2 aromatic carbocycles. The summed E-state index contributed by atoms with van der Waals surface area (Å²) in [5.41, 5.74) is 4.24. The quantitative estimate of drug-likeness (QED) is 0.944. The lowest BCUT2D eigenvalue weighted by atomic mass is 9.99. The first-order valence-corrected chi connectivity index (χ1v) is 7.87. The predicted molar refractivity (Wildman–Crippen MR) is 91.8 cm³/mol. The standard InChI is InChI=1S/C19H22N2O2/c1-21(2)17-9-5-8-15(10-17)19(22)20-12-18-11-14-6-3-4-7-16(14)13-23-18/h3-10,18H,11-13H2,1-2H3,(H,20,22). The van der Waals surface area contributed by atoms with Gasteiger partial charge >= 0.3 is 0 Å². The molecule has 23 heavy (non-hydrogen) atoms. The second-order valence-corrected chi connectivity index (χ2v) is 6.06. The zero-order valence-corrected chi connectivity index (χ0v) is 13.6. The van der Waals surface area contributed by atoms with Crippen molar-refractivity contribution in [3.63, 3.8) is 0 Å². The Morgan fingerprint density at radius 3 is 2.74 bits per heavy atom. The van der Waals surface area contributed by atoms with Crippen molar-refractivity contribution in [2.45, 2.75) is 19.1 Å². The molecule has 1 atom stereocenters. The van der Waals surface area contributed by atoms with Crippen LogP contribution in [0.1, 0.15) is 21.5 Å². The van der Waals surface area contributed by atoms with Crippen molar-refractivity contribution >= 4 is 11.6 Å². The number of fused-ring (bicyclic) bond motifs is 1. The van der Waals surface area contributed by atoms with Crippen molar-refractivity contribution in [1.82, 2.24) is 5.32 Å². The number of ether oxygens (including phenoxy) is 1. The highest BCUT2D eigenvalue weighted by molar-refractivity contribution is 5.95. The lowest BCUT2D eigenvalue weighted by Crippen LogP contribution is -2.36. The highest BCUT2D eigenvalue weighted by Crippen LogP contribution is 2.20. The maximum Gasteiger partial charge on any atom is 0.251 e. The van der Waals surface area contributed by atoms with Crippen molar-refractivity contribution < 1.29 is 9.53 Å². The number of nitrogens with one attached hydrogen (secondary N) is 1. The third-order valence-corrected chi connectivity index (χ3v) is 4.16. The largest absolute Gasteiger partial charge is 0.378 e. The van der Waals surface area contributed by atoms with Crippen LogP contribution in [0.15, 0.2) is 48.5 Å². The second kappa shape index (κ2) is 6.84. The molecule has 1 aliphatic rings. The predicted octanol–water partition coefficient (Wildman–Crippen LogP) is 2.62. The van der Waals surface area contributed by atoms with Crippen LogP contribution >= 0.6 is 0 Å². The minimum absolute atomic E-state index is 0.0332. The summed E-state index contributed by atoms with van der Waals surface area (Å²) in [5, 5.41) is 2.98. The lowest BCUT2D eigenvalue weighted by Gasteiger charge is -2.25. The molecule has 1 amide bonds. The summed E-state index contributed by atoms with van der Waals surface area (Å²) in [6, 6.07) is 15.9. The van der Waals surface area contributed by atoms with Crippen molar-refractivity contribution in [3.8, 4) is 0 Å². The molecule has 1 heterocycles. The van der Waals surface area contributed by atoms with E-state index in [0.29, 0.717) is 18.7 Å². The number of amides is 1. The summed E-state index contributed by atoms with van der Waals surface area (Å²) in [5.74, 6) is -0.0591. The van der Waals surface area contributed by atoms with Gasteiger partial charge in [-0.15, -0.1) is 0 Å². The van der Waals surface area contributed by atoms with Gasteiger partial charge in [-0.25, -0.2) is 0 Å². The van der Waals surface area contributed by atoms with E-state index >= 15 is 0 Å². The number of carbonyl (C=O) groups is 1. The van der Waals surface area contributed by atoms with Gasteiger partial charge in [0, 0.05) is 38.3 Å². The first-order valence-electron chi connectivity index (χ1n) is 7.87. The smallest absolute Gasteiger partial charge is 0.251 e. The van der Waals surface area contributed by atoms with E-state index in [4.69, 9.17) is 4.74 Å². The van der Waals surface area contributed by atoms with Crippen LogP contribution in [0, 0.1) is 0 Å². The van der Waals surface area contributed by atoms with Gasteiger partial charge in [0.05, 0.1) is 12.7 Å². The minimum atomic E-state index is -0.0591. The van der Waals surface area contributed by atoms with Crippen molar-refractivity contribution in [3.05, 3.63) is 65.2 Å². The van der Waals surface area contributed by atoms with E-state index in [0.717, 1.165) is 12.1 Å². The number of anilines is 1. The molecule has 120 valence electrons. The molecule has 0 aromatic heterocycles. The Morgan fingerprint density at radius 1 is 1.17 bits per heavy atom. The first kappa shape index (κ1) is 15.6. The van der Waals surface area contributed by atoms with Gasteiger partial charge in [-0.05, 0) is 29.3 Å². The summed E-state index contributed by atoms with van der Waals surface area (Å²) < 4.78 is 5.83. The number of benzene rings is 2. The molecular formula is C19H22N2O2. The van der Waals surface area contributed by atoms with Gasteiger partial charge in [-0.3, -0.25) is 4.79 Å². The van der Waals surface area contributed by atoms with Crippen LogP contribution in [0.5, 0.6) is 0 Å². The third kappa shape index (κ3) is 3.71. The second-order valence-electron chi connectivity index (χ2n) is 6.06. The molecule has 0 aliphatic carbocycles. The normalized spacial score (nSPS) is 16.5. The fraction of sp³-hybridized carbons (Fsp3) is 0.316. The van der Waals surface area contributed by atoms with Crippen molar-refractivity contribution in [1.29, 1.82) is 0 Å². The zero-order chi connectivity index (χ0) is 16.2. The van der Waals surface area contributed by atoms with Crippen LogP contribution < -0.4 is 10.2 Å². The van der Waals surface area contributed by atoms with Crippen molar-refractivity contribution in [2.24, 2.45) is 0 Å². The van der Waals surface area contributed by atoms with Gasteiger partial charge in [-0.2, -0.15) is 0 Å². The molecule has 2 aromatic rings. The SMILES string of the molecule is CN(C)c1cccc(C(=O)NCC2Cc3ccccc3CO2)c1. The Kier molecular flexibility index (Phi) is 4.63. The molecular weight excluding hydrogens is 288 g/mol. The molecule has 0 spiro atoms. The van der Waals surface area contributed by atoms with E-state index in [1.807, 2.05) is 55.4 Å². The maximum absolute atomic E-state index is 12.3. The number of hydrogen-bond acceptors (Lipinski definition) is 3. The summed E-state index contributed by atoms with van der Waals surface area (Å²) in [4.78, 5) is 14.3. The topological polar surface area (TPSA) is 41.6 Å².